The van der Waals surface area contributed by atoms with E-state index in [9.17, 15) is 23.3 Å². The van der Waals surface area contributed by atoms with E-state index in [1.54, 1.807) is 26.1 Å². The third kappa shape index (κ3) is 5.79. The van der Waals surface area contributed by atoms with Crippen molar-refractivity contribution in [2.75, 3.05) is 45.1 Å². The number of nitrogens with zero attached hydrogens (tertiary/aromatic N) is 4. The maximum absolute atomic E-state index is 13.0. The molecule has 1 saturated carbocycles. The first-order chi connectivity index (χ1) is 14.7. The minimum Gasteiger partial charge on any atom is -0.325 e. The molecule has 172 valence electrons. The van der Waals surface area contributed by atoms with Crippen LogP contribution in [0.4, 0.5) is 11.4 Å². The summed E-state index contributed by atoms with van der Waals surface area (Å²) < 4.78 is 29.0. The highest BCUT2D eigenvalue weighted by Gasteiger charge is 2.34. The molecule has 0 spiro atoms. The number of hydrogen-bond acceptors (Lipinski definition) is 6. The molecular weight excluding hydrogens is 422 g/mol. The summed E-state index contributed by atoms with van der Waals surface area (Å²) in [6.07, 6.45) is 5.12. The Morgan fingerprint density at radius 2 is 1.84 bits per heavy atom. The fraction of sp³-hybridized carbons (Fsp3) is 0.650. The number of carbonyl (C=O) groups is 1. The van der Waals surface area contributed by atoms with Gasteiger partial charge in [0.2, 0.25) is 5.91 Å². The van der Waals surface area contributed by atoms with Crippen molar-refractivity contribution in [1.29, 1.82) is 0 Å². The van der Waals surface area contributed by atoms with E-state index in [4.69, 9.17) is 0 Å². The van der Waals surface area contributed by atoms with E-state index in [2.05, 4.69) is 5.32 Å². The van der Waals surface area contributed by atoms with Crippen LogP contribution in [0.15, 0.2) is 18.2 Å². The molecule has 0 unspecified atom stereocenters. The van der Waals surface area contributed by atoms with Crippen LogP contribution >= 0.6 is 0 Å². The number of carbonyl (C=O) groups excluding carboxylic acids is 1. The number of benzene rings is 1. The third-order valence-electron chi connectivity index (χ3n) is 6.17. The van der Waals surface area contributed by atoms with Crippen molar-refractivity contribution < 1.29 is 18.1 Å². The summed E-state index contributed by atoms with van der Waals surface area (Å²) in [5, 5.41) is 13.8. The van der Waals surface area contributed by atoms with Crippen LogP contribution in [-0.2, 0) is 15.0 Å². The molecule has 11 heteroatoms. The molecule has 3 rings (SSSR count). The van der Waals surface area contributed by atoms with Crippen molar-refractivity contribution in [3.63, 3.8) is 0 Å². The molecule has 1 amide bonds. The van der Waals surface area contributed by atoms with E-state index in [0.29, 0.717) is 37.4 Å². The van der Waals surface area contributed by atoms with Crippen LogP contribution in [0.3, 0.4) is 0 Å². The summed E-state index contributed by atoms with van der Waals surface area (Å²) in [4.78, 5) is 24.9. The van der Waals surface area contributed by atoms with Crippen LogP contribution < -0.4 is 5.32 Å². The smallest absolute Gasteiger partial charge is 0.282 e. The predicted molar refractivity (Wildman–Crippen MR) is 118 cm³/mol. The van der Waals surface area contributed by atoms with Crippen molar-refractivity contribution in [3.8, 4) is 0 Å². The highest BCUT2D eigenvalue weighted by molar-refractivity contribution is 7.86. The second-order valence-corrected chi connectivity index (χ2v) is 10.3. The van der Waals surface area contributed by atoms with Gasteiger partial charge < -0.3 is 5.32 Å². The van der Waals surface area contributed by atoms with Crippen LogP contribution in [-0.4, -0.2) is 78.6 Å². The lowest BCUT2D eigenvalue weighted by atomic mass is 9.96. The van der Waals surface area contributed by atoms with Crippen molar-refractivity contribution >= 4 is 27.5 Å². The zero-order valence-corrected chi connectivity index (χ0v) is 18.9. The molecule has 1 N–H and O–H groups in total. The molecule has 2 aliphatic rings. The molecule has 0 bridgehead atoms. The molecule has 2 fully saturated rings. The number of nitro groups is 1. The van der Waals surface area contributed by atoms with Gasteiger partial charge in [-0.2, -0.15) is 17.0 Å². The van der Waals surface area contributed by atoms with Gasteiger partial charge in [-0.3, -0.25) is 19.8 Å². The second-order valence-electron chi connectivity index (χ2n) is 8.30. The Hall–Kier alpha value is -2.08. The van der Waals surface area contributed by atoms with E-state index in [1.807, 2.05) is 4.90 Å². The van der Waals surface area contributed by atoms with Gasteiger partial charge in [-0.1, -0.05) is 25.3 Å². The van der Waals surface area contributed by atoms with Gasteiger partial charge in [0.1, 0.15) is 0 Å². The van der Waals surface area contributed by atoms with Crippen LogP contribution in [0.2, 0.25) is 0 Å². The quantitative estimate of drug-likeness (QED) is 0.498. The average molecular weight is 454 g/mol. The number of amides is 1. The van der Waals surface area contributed by atoms with E-state index < -0.39 is 15.1 Å². The van der Waals surface area contributed by atoms with E-state index in [1.165, 1.54) is 21.1 Å². The monoisotopic (exact) mass is 453 g/mol. The molecule has 1 aliphatic heterocycles. The highest BCUT2D eigenvalue weighted by Crippen LogP contribution is 2.25. The van der Waals surface area contributed by atoms with Gasteiger partial charge in [-0.25, -0.2) is 0 Å². The van der Waals surface area contributed by atoms with Crippen LogP contribution in [0.5, 0.6) is 0 Å². The molecule has 0 aromatic heterocycles. The number of anilines is 1. The first-order valence-electron chi connectivity index (χ1n) is 10.7. The van der Waals surface area contributed by atoms with Crippen LogP contribution in [0, 0.1) is 17.0 Å². The second kappa shape index (κ2) is 10.0. The average Bonchev–Trinajstić information content (AvgIpc) is 2.75. The number of aryl methyl sites for hydroxylation is 1. The Labute approximate surface area is 183 Å². The lowest BCUT2D eigenvalue weighted by Crippen LogP contribution is -2.55. The first kappa shape index (κ1) is 23.6. The third-order valence-corrected chi connectivity index (χ3v) is 8.21. The molecule has 1 saturated heterocycles. The number of piperazine rings is 1. The van der Waals surface area contributed by atoms with E-state index in [0.717, 1.165) is 25.7 Å². The lowest BCUT2D eigenvalue weighted by Gasteiger charge is -2.38. The Morgan fingerprint density at radius 3 is 2.45 bits per heavy atom. The van der Waals surface area contributed by atoms with Crippen LogP contribution in [0.25, 0.3) is 0 Å². The number of nitro benzene ring substituents is 1. The van der Waals surface area contributed by atoms with Gasteiger partial charge in [0, 0.05) is 56.6 Å². The maximum atomic E-state index is 13.0. The summed E-state index contributed by atoms with van der Waals surface area (Å²) in [5.41, 5.74) is 0.856. The van der Waals surface area contributed by atoms with Crippen molar-refractivity contribution in [1.82, 2.24) is 13.5 Å². The topological polar surface area (TPSA) is 116 Å². The fourth-order valence-corrected chi connectivity index (χ4v) is 5.80. The maximum Gasteiger partial charge on any atom is 0.282 e. The molecule has 1 aromatic rings. The summed E-state index contributed by atoms with van der Waals surface area (Å²) in [6.45, 7) is 3.33. The first-order valence-corrected chi connectivity index (χ1v) is 12.1. The Bertz CT molecular complexity index is 909. The largest absolute Gasteiger partial charge is 0.325 e. The normalized spacial score (nSPS) is 19.5. The van der Waals surface area contributed by atoms with Gasteiger partial charge in [0.15, 0.2) is 0 Å². The van der Waals surface area contributed by atoms with Gasteiger partial charge in [0.25, 0.3) is 15.9 Å². The molecule has 1 heterocycles. The highest BCUT2D eigenvalue weighted by atomic mass is 32.2. The molecule has 10 nitrogen and oxygen atoms in total. The minimum atomic E-state index is -3.50. The van der Waals surface area contributed by atoms with Crippen molar-refractivity contribution in [2.24, 2.45) is 0 Å². The minimum absolute atomic E-state index is 0.0429. The molecule has 1 aliphatic carbocycles. The Balaban J connectivity index is 1.51. The number of rotatable bonds is 7. The summed E-state index contributed by atoms with van der Waals surface area (Å²) in [6, 6.07) is 4.64. The molecular formula is C20H31N5O5S. The SMILES string of the molecule is Cc1ccc(NC(=O)CN2CCN(S(=O)(=O)N(C)C3CCCCC3)CC2)cc1[N+](=O)[O-]. The van der Waals surface area contributed by atoms with Gasteiger partial charge in [-0.05, 0) is 25.8 Å². The zero-order valence-electron chi connectivity index (χ0n) is 18.1. The number of nitrogens with one attached hydrogen (secondary N) is 1. The Kier molecular flexibility index (Phi) is 7.63. The fourth-order valence-electron chi connectivity index (χ4n) is 4.22. The predicted octanol–water partition coefficient (Wildman–Crippen LogP) is 1.97. The summed E-state index contributed by atoms with van der Waals surface area (Å²) in [5.74, 6) is -0.284. The van der Waals surface area contributed by atoms with Crippen molar-refractivity contribution in [3.05, 3.63) is 33.9 Å². The molecule has 31 heavy (non-hydrogen) atoms. The Morgan fingerprint density at radius 1 is 1.19 bits per heavy atom. The molecule has 0 radical (unpaired) electrons. The lowest BCUT2D eigenvalue weighted by molar-refractivity contribution is -0.385. The number of hydrogen-bond donors (Lipinski definition) is 1. The standard InChI is InChI=1S/C20H31N5O5S/c1-16-8-9-17(14-19(16)25(27)28)21-20(26)15-23-10-12-24(13-11-23)31(29,30)22(2)18-6-4-3-5-7-18/h8-9,14,18H,3-7,10-13,15H2,1-2H3,(H,21,26). The van der Waals surface area contributed by atoms with Crippen molar-refractivity contribution in [2.45, 2.75) is 45.1 Å². The molecule has 1 aromatic carbocycles. The van der Waals surface area contributed by atoms with E-state index >= 15 is 0 Å². The summed E-state index contributed by atoms with van der Waals surface area (Å²) >= 11 is 0. The van der Waals surface area contributed by atoms with Gasteiger partial charge >= 0.3 is 0 Å². The van der Waals surface area contributed by atoms with Crippen LogP contribution in [0.1, 0.15) is 37.7 Å². The molecule has 0 atom stereocenters. The zero-order chi connectivity index (χ0) is 22.6. The van der Waals surface area contributed by atoms with E-state index in [-0.39, 0.29) is 24.2 Å². The summed E-state index contributed by atoms with van der Waals surface area (Å²) in [7, 11) is -1.83. The van der Waals surface area contributed by atoms with Gasteiger partial charge in [0.05, 0.1) is 11.5 Å². The van der Waals surface area contributed by atoms with Gasteiger partial charge in [-0.15, -0.1) is 0 Å².